The van der Waals surface area contributed by atoms with Crippen LogP contribution in [0, 0.1) is 6.92 Å². The van der Waals surface area contributed by atoms with Gasteiger partial charge in [0.2, 0.25) is 0 Å². The molecule has 2 aromatic rings. The van der Waals surface area contributed by atoms with Crippen LogP contribution in [0.15, 0.2) is 36.7 Å². The molecule has 0 atom stereocenters. The van der Waals surface area contributed by atoms with Crippen LogP contribution in [0.4, 0.5) is 0 Å². The van der Waals surface area contributed by atoms with Gasteiger partial charge in [0.15, 0.2) is 0 Å². The van der Waals surface area contributed by atoms with E-state index in [9.17, 15) is 4.79 Å². The molecule has 5 heteroatoms. The van der Waals surface area contributed by atoms with Crippen LogP contribution in [-0.2, 0) is 6.54 Å². The number of carbonyl (C=O) groups excluding carboxylic acids is 1. The third kappa shape index (κ3) is 3.10. The van der Waals surface area contributed by atoms with Crippen LogP contribution >= 0.6 is 0 Å². The average Bonchev–Trinajstić information content (AvgIpc) is 2.76. The quantitative estimate of drug-likeness (QED) is 0.853. The second-order valence-electron chi connectivity index (χ2n) is 4.08. The third-order valence-electron chi connectivity index (χ3n) is 2.52. The molecule has 0 aliphatic rings. The van der Waals surface area contributed by atoms with Gasteiger partial charge in [-0.25, -0.2) is 0 Å². The van der Waals surface area contributed by atoms with Gasteiger partial charge in [0.25, 0.3) is 5.91 Å². The second kappa shape index (κ2) is 5.35. The van der Waals surface area contributed by atoms with Crippen LogP contribution in [0.3, 0.4) is 0 Å². The molecule has 0 fully saturated rings. The van der Waals surface area contributed by atoms with E-state index >= 15 is 0 Å². The number of hydrogen-bond donors (Lipinski definition) is 2. The van der Waals surface area contributed by atoms with E-state index in [2.05, 4.69) is 10.4 Å². The lowest BCUT2D eigenvalue weighted by atomic mass is 10.2. The Bertz CT molecular complexity index is 531. The van der Waals surface area contributed by atoms with Crippen LogP contribution < -0.4 is 5.32 Å². The zero-order valence-electron chi connectivity index (χ0n) is 10.1. The SMILES string of the molecule is Cc1cnn(CCNC(=O)c2ccc(O)cc2)c1. The lowest BCUT2D eigenvalue weighted by molar-refractivity contribution is 0.0952. The second-order valence-corrected chi connectivity index (χ2v) is 4.08. The number of aromatic hydroxyl groups is 1. The largest absolute Gasteiger partial charge is 0.508 e. The van der Waals surface area contributed by atoms with Gasteiger partial charge in [0.1, 0.15) is 5.75 Å². The topological polar surface area (TPSA) is 67.2 Å². The van der Waals surface area contributed by atoms with E-state index in [1.807, 2.05) is 13.1 Å². The van der Waals surface area contributed by atoms with Crippen molar-refractivity contribution in [1.82, 2.24) is 15.1 Å². The number of nitrogens with zero attached hydrogens (tertiary/aromatic N) is 2. The molecule has 0 aliphatic heterocycles. The minimum Gasteiger partial charge on any atom is -0.508 e. The van der Waals surface area contributed by atoms with Crippen molar-refractivity contribution < 1.29 is 9.90 Å². The maximum absolute atomic E-state index is 11.7. The Morgan fingerprint density at radius 2 is 2.11 bits per heavy atom. The molecule has 0 unspecified atom stereocenters. The number of amides is 1. The van der Waals surface area contributed by atoms with Gasteiger partial charge in [-0.2, -0.15) is 5.10 Å². The molecule has 0 spiro atoms. The number of nitrogens with one attached hydrogen (secondary N) is 1. The van der Waals surface area contributed by atoms with Crippen molar-refractivity contribution in [3.8, 4) is 5.75 Å². The maximum atomic E-state index is 11.7. The Morgan fingerprint density at radius 1 is 1.39 bits per heavy atom. The van der Waals surface area contributed by atoms with Crippen molar-refractivity contribution in [2.75, 3.05) is 6.54 Å². The van der Waals surface area contributed by atoms with Gasteiger partial charge in [0.05, 0.1) is 12.7 Å². The molecule has 0 saturated heterocycles. The van der Waals surface area contributed by atoms with Crippen molar-refractivity contribution >= 4 is 5.91 Å². The molecule has 5 nitrogen and oxygen atoms in total. The molecular weight excluding hydrogens is 230 g/mol. The fourth-order valence-corrected chi connectivity index (χ4v) is 1.59. The highest BCUT2D eigenvalue weighted by Gasteiger charge is 2.04. The third-order valence-corrected chi connectivity index (χ3v) is 2.52. The molecule has 1 aromatic carbocycles. The predicted octanol–water partition coefficient (Wildman–Crippen LogP) is 1.33. The fraction of sp³-hybridized carbons (Fsp3) is 0.231. The summed E-state index contributed by atoms with van der Waals surface area (Å²) in [5, 5.41) is 16.0. The minimum atomic E-state index is -0.154. The first-order valence-electron chi connectivity index (χ1n) is 5.71. The van der Waals surface area contributed by atoms with Gasteiger partial charge in [-0.05, 0) is 36.8 Å². The first-order chi connectivity index (χ1) is 8.65. The molecule has 0 saturated carbocycles. The van der Waals surface area contributed by atoms with E-state index in [4.69, 9.17) is 5.11 Å². The highest BCUT2D eigenvalue weighted by Crippen LogP contribution is 2.09. The molecule has 94 valence electrons. The van der Waals surface area contributed by atoms with Gasteiger partial charge in [-0.15, -0.1) is 0 Å². The Balaban J connectivity index is 1.83. The maximum Gasteiger partial charge on any atom is 0.251 e. The summed E-state index contributed by atoms with van der Waals surface area (Å²) in [6.45, 7) is 3.12. The van der Waals surface area contributed by atoms with Crippen molar-refractivity contribution in [1.29, 1.82) is 0 Å². The van der Waals surface area contributed by atoms with Crippen LogP contribution in [0.1, 0.15) is 15.9 Å². The van der Waals surface area contributed by atoms with Crippen LogP contribution in [0.2, 0.25) is 0 Å². The predicted molar refractivity (Wildman–Crippen MR) is 67.4 cm³/mol. The van der Waals surface area contributed by atoms with Gasteiger partial charge < -0.3 is 10.4 Å². The molecule has 0 aliphatic carbocycles. The number of phenolic OH excluding ortho intramolecular Hbond substituents is 1. The number of carbonyl (C=O) groups is 1. The van der Waals surface area contributed by atoms with Gasteiger partial charge >= 0.3 is 0 Å². The first kappa shape index (κ1) is 12.2. The summed E-state index contributed by atoms with van der Waals surface area (Å²) in [6, 6.07) is 6.16. The van der Waals surface area contributed by atoms with Gasteiger partial charge in [-0.3, -0.25) is 9.48 Å². The van der Waals surface area contributed by atoms with Crippen LogP contribution in [-0.4, -0.2) is 27.3 Å². The zero-order chi connectivity index (χ0) is 13.0. The summed E-state index contributed by atoms with van der Waals surface area (Å²) in [6.07, 6.45) is 3.70. The monoisotopic (exact) mass is 245 g/mol. The molecular formula is C13H15N3O2. The van der Waals surface area contributed by atoms with Gasteiger partial charge in [-0.1, -0.05) is 0 Å². The average molecular weight is 245 g/mol. The lowest BCUT2D eigenvalue weighted by Gasteiger charge is -2.05. The summed E-state index contributed by atoms with van der Waals surface area (Å²) >= 11 is 0. The molecule has 2 rings (SSSR count). The van der Waals surface area contributed by atoms with E-state index in [0.29, 0.717) is 18.7 Å². The summed E-state index contributed by atoms with van der Waals surface area (Å²) < 4.78 is 1.78. The van der Waals surface area contributed by atoms with Crippen molar-refractivity contribution in [2.45, 2.75) is 13.5 Å². The summed E-state index contributed by atoms with van der Waals surface area (Å²) in [5.74, 6) is -0.00237. The summed E-state index contributed by atoms with van der Waals surface area (Å²) in [4.78, 5) is 11.7. The summed E-state index contributed by atoms with van der Waals surface area (Å²) in [5.41, 5.74) is 1.63. The fourth-order valence-electron chi connectivity index (χ4n) is 1.59. The number of aryl methyl sites for hydroxylation is 1. The minimum absolute atomic E-state index is 0.151. The molecule has 0 bridgehead atoms. The highest BCUT2D eigenvalue weighted by atomic mass is 16.3. The number of phenols is 1. The molecule has 0 radical (unpaired) electrons. The van der Waals surface area contributed by atoms with Crippen LogP contribution in [0.5, 0.6) is 5.75 Å². The standard InChI is InChI=1S/C13H15N3O2/c1-10-8-15-16(9-10)7-6-14-13(18)11-2-4-12(17)5-3-11/h2-5,8-9,17H,6-7H2,1H3,(H,14,18). The van der Waals surface area contributed by atoms with E-state index in [1.165, 1.54) is 12.1 Å². The van der Waals surface area contributed by atoms with Crippen molar-refractivity contribution in [3.63, 3.8) is 0 Å². The number of hydrogen-bond acceptors (Lipinski definition) is 3. The Kier molecular flexibility index (Phi) is 3.62. The molecule has 2 N–H and O–H groups in total. The molecule has 18 heavy (non-hydrogen) atoms. The summed E-state index contributed by atoms with van der Waals surface area (Å²) in [7, 11) is 0. The highest BCUT2D eigenvalue weighted by molar-refractivity contribution is 5.94. The van der Waals surface area contributed by atoms with E-state index in [0.717, 1.165) is 5.56 Å². The number of rotatable bonds is 4. The first-order valence-corrected chi connectivity index (χ1v) is 5.71. The number of benzene rings is 1. The van der Waals surface area contributed by atoms with Crippen molar-refractivity contribution in [2.24, 2.45) is 0 Å². The zero-order valence-corrected chi connectivity index (χ0v) is 10.1. The van der Waals surface area contributed by atoms with E-state index in [1.54, 1.807) is 23.0 Å². The van der Waals surface area contributed by atoms with Crippen LogP contribution in [0.25, 0.3) is 0 Å². The smallest absolute Gasteiger partial charge is 0.251 e. The van der Waals surface area contributed by atoms with Crippen molar-refractivity contribution in [3.05, 3.63) is 47.8 Å². The molecule has 1 heterocycles. The Labute approximate surface area is 105 Å². The molecule has 1 amide bonds. The Hall–Kier alpha value is -2.30. The normalized spacial score (nSPS) is 10.3. The van der Waals surface area contributed by atoms with E-state index in [-0.39, 0.29) is 11.7 Å². The Morgan fingerprint density at radius 3 is 2.72 bits per heavy atom. The van der Waals surface area contributed by atoms with E-state index < -0.39 is 0 Å². The number of aromatic nitrogens is 2. The van der Waals surface area contributed by atoms with Gasteiger partial charge in [0, 0.05) is 18.3 Å². The lowest BCUT2D eigenvalue weighted by Crippen LogP contribution is -2.27. The molecule has 1 aromatic heterocycles.